The molecule has 0 atom stereocenters. The van der Waals surface area contributed by atoms with Crippen LogP contribution in [0.5, 0.6) is 0 Å². The first-order valence-corrected chi connectivity index (χ1v) is 5.84. The molecule has 0 aromatic rings. The Labute approximate surface area is 94.8 Å². The maximum Gasteiger partial charge on any atom is 0.0707 e. The van der Waals surface area contributed by atoms with Crippen molar-refractivity contribution >= 4 is 22.6 Å². The number of halogens is 1. The minimum Gasteiger partial charge on any atom is -0.379 e. The standard InChI is InChI=1S/C10H19IO2/c1-4-12-8-9-13-10(2,3)6-5-7-11/h5,7H,4,6,8-9H2,1-3H3/b7-5-. The fraction of sp³-hybridized carbons (Fsp3) is 0.800. The third-order valence-electron chi connectivity index (χ3n) is 1.62. The largest absolute Gasteiger partial charge is 0.379 e. The summed E-state index contributed by atoms with van der Waals surface area (Å²) in [5.41, 5.74) is -0.0707. The summed E-state index contributed by atoms with van der Waals surface area (Å²) in [6.07, 6.45) is 3.06. The summed E-state index contributed by atoms with van der Waals surface area (Å²) in [5, 5.41) is 0. The van der Waals surface area contributed by atoms with Crippen molar-refractivity contribution in [2.24, 2.45) is 0 Å². The number of ether oxygens (including phenoxy) is 2. The summed E-state index contributed by atoms with van der Waals surface area (Å²) >= 11 is 2.22. The van der Waals surface area contributed by atoms with E-state index in [0.717, 1.165) is 13.0 Å². The minimum atomic E-state index is -0.0707. The molecule has 0 rings (SSSR count). The molecule has 0 bridgehead atoms. The zero-order chi connectivity index (χ0) is 10.2. The zero-order valence-corrected chi connectivity index (χ0v) is 10.8. The van der Waals surface area contributed by atoms with Crippen LogP contribution in [0.25, 0.3) is 0 Å². The van der Waals surface area contributed by atoms with Crippen molar-refractivity contribution in [1.82, 2.24) is 0 Å². The Morgan fingerprint density at radius 3 is 2.54 bits per heavy atom. The summed E-state index contributed by atoms with van der Waals surface area (Å²) in [6.45, 7) is 8.30. The van der Waals surface area contributed by atoms with E-state index in [2.05, 4.69) is 42.5 Å². The first-order chi connectivity index (χ1) is 6.12. The van der Waals surface area contributed by atoms with Crippen molar-refractivity contribution in [1.29, 1.82) is 0 Å². The van der Waals surface area contributed by atoms with E-state index >= 15 is 0 Å². The van der Waals surface area contributed by atoms with E-state index in [9.17, 15) is 0 Å². The topological polar surface area (TPSA) is 18.5 Å². The van der Waals surface area contributed by atoms with Gasteiger partial charge in [-0.2, -0.15) is 0 Å². The molecule has 3 heteroatoms. The van der Waals surface area contributed by atoms with Crippen LogP contribution in [0.15, 0.2) is 10.2 Å². The van der Waals surface area contributed by atoms with Crippen LogP contribution in [0, 0.1) is 0 Å². The Morgan fingerprint density at radius 2 is 2.00 bits per heavy atom. The van der Waals surface area contributed by atoms with E-state index in [1.165, 1.54) is 0 Å². The lowest BCUT2D eigenvalue weighted by molar-refractivity contribution is -0.0424. The van der Waals surface area contributed by atoms with Crippen LogP contribution < -0.4 is 0 Å². The highest BCUT2D eigenvalue weighted by atomic mass is 127. The van der Waals surface area contributed by atoms with Gasteiger partial charge >= 0.3 is 0 Å². The second kappa shape index (κ2) is 7.76. The molecule has 0 aliphatic rings. The quantitative estimate of drug-likeness (QED) is 0.531. The van der Waals surface area contributed by atoms with E-state index < -0.39 is 0 Å². The van der Waals surface area contributed by atoms with Gasteiger partial charge in [-0.3, -0.25) is 0 Å². The molecule has 0 unspecified atom stereocenters. The Bertz CT molecular complexity index is 144. The van der Waals surface area contributed by atoms with Gasteiger partial charge in [0.1, 0.15) is 0 Å². The predicted octanol–water partition coefficient (Wildman–Crippen LogP) is 3.16. The van der Waals surface area contributed by atoms with Crippen LogP contribution in [0.3, 0.4) is 0 Å². The van der Waals surface area contributed by atoms with Crippen LogP contribution in [0.4, 0.5) is 0 Å². The number of hydrogen-bond donors (Lipinski definition) is 0. The molecular formula is C10H19IO2. The van der Waals surface area contributed by atoms with Gasteiger partial charge in [0.05, 0.1) is 18.8 Å². The van der Waals surface area contributed by atoms with Gasteiger partial charge in [0, 0.05) is 6.61 Å². The monoisotopic (exact) mass is 298 g/mol. The molecule has 78 valence electrons. The fourth-order valence-corrected chi connectivity index (χ4v) is 1.16. The lowest BCUT2D eigenvalue weighted by Crippen LogP contribution is -2.25. The number of rotatable bonds is 7. The third kappa shape index (κ3) is 8.71. The molecule has 0 radical (unpaired) electrons. The Morgan fingerprint density at radius 1 is 1.31 bits per heavy atom. The fourth-order valence-electron chi connectivity index (χ4n) is 0.909. The molecule has 2 nitrogen and oxygen atoms in total. The van der Waals surface area contributed by atoms with Gasteiger partial charge in [-0.25, -0.2) is 0 Å². The van der Waals surface area contributed by atoms with Crippen LogP contribution in [0.2, 0.25) is 0 Å². The van der Waals surface area contributed by atoms with E-state index in [0.29, 0.717) is 13.2 Å². The lowest BCUT2D eigenvalue weighted by atomic mass is 10.1. The summed E-state index contributed by atoms with van der Waals surface area (Å²) in [7, 11) is 0. The van der Waals surface area contributed by atoms with Crippen LogP contribution in [-0.4, -0.2) is 25.4 Å². The Hall–Kier alpha value is 0.390. The normalized spacial score (nSPS) is 12.6. The lowest BCUT2D eigenvalue weighted by Gasteiger charge is -2.23. The van der Waals surface area contributed by atoms with E-state index in [1.54, 1.807) is 0 Å². The van der Waals surface area contributed by atoms with E-state index in [-0.39, 0.29) is 5.60 Å². The van der Waals surface area contributed by atoms with Gasteiger partial charge in [0.2, 0.25) is 0 Å². The Balaban J connectivity index is 3.50. The van der Waals surface area contributed by atoms with Gasteiger partial charge in [-0.05, 0) is 31.3 Å². The highest BCUT2D eigenvalue weighted by Gasteiger charge is 2.15. The molecule has 0 aliphatic heterocycles. The van der Waals surface area contributed by atoms with Gasteiger partial charge in [0.25, 0.3) is 0 Å². The molecule has 0 N–H and O–H groups in total. The molecule has 0 fully saturated rings. The smallest absolute Gasteiger partial charge is 0.0707 e. The van der Waals surface area contributed by atoms with Gasteiger partial charge < -0.3 is 9.47 Å². The van der Waals surface area contributed by atoms with Crippen molar-refractivity contribution in [2.45, 2.75) is 32.8 Å². The van der Waals surface area contributed by atoms with E-state index in [4.69, 9.17) is 9.47 Å². The first-order valence-electron chi connectivity index (χ1n) is 4.59. The Kier molecular flexibility index (Phi) is 8.00. The molecule has 0 aliphatic carbocycles. The summed E-state index contributed by atoms with van der Waals surface area (Å²) < 4.78 is 12.9. The summed E-state index contributed by atoms with van der Waals surface area (Å²) in [5.74, 6) is 0. The predicted molar refractivity (Wildman–Crippen MR) is 64.3 cm³/mol. The average molecular weight is 298 g/mol. The zero-order valence-electron chi connectivity index (χ0n) is 8.68. The van der Waals surface area contributed by atoms with Crippen molar-refractivity contribution in [3.05, 3.63) is 10.2 Å². The molecule has 0 aromatic heterocycles. The second-order valence-electron chi connectivity index (χ2n) is 3.37. The molecule has 0 spiro atoms. The third-order valence-corrected chi connectivity index (χ3v) is 2.13. The van der Waals surface area contributed by atoms with Crippen LogP contribution in [0.1, 0.15) is 27.2 Å². The minimum absolute atomic E-state index is 0.0707. The summed E-state index contributed by atoms with van der Waals surface area (Å²) in [4.78, 5) is 0. The first kappa shape index (κ1) is 13.4. The van der Waals surface area contributed by atoms with Crippen molar-refractivity contribution in [2.75, 3.05) is 19.8 Å². The van der Waals surface area contributed by atoms with Crippen molar-refractivity contribution in [3.8, 4) is 0 Å². The molecule has 0 amide bonds. The highest BCUT2D eigenvalue weighted by molar-refractivity contribution is 14.1. The van der Waals surface area contributed by atoms with Crippen molar-refractivity contribution < 1.29 is 9.47 Å². The SMILES string of the molecule is CCOCCOC(C)(C)C/C=C\I. The molecule has 0 saturated carbocycles. The van der Waals surface area contributed by atoms with Gasteiger partial charge in [0.15, 0.2) is 0 Å². The molecular weight excluding hydrogens is 279 g/mol. The highest BCUT2D eigenvalue weighted by Crippen LogP contribution is 2.15. The van der Waals surface area contributed by atoms with Crippen LogP contribution >= 0.6 is 22.6 Å². The summed E-state index contributed by atoms with van der Waals surface area (Å²) in [6, 6.07) is 0. The van der Waals surface area contributed by atoms with Crippen LogP contribution in [-0.2, 0) is 9.47 Å². The molecule has 0 aromatic carbocycles. The number of hydrogen-bond acceptors (Lipinski definition) is 2. The molecule has 0 heterocycles. The maximum absolute atomic E-state index is 5.65. The van der Waals surface area contributed by atoms with Gasteiger partial charge in [-0.1, -0.05) is 28.7 Å². The van der Waals surface area contributed by atoms with Gasteiger partial charge in [-0.15, -0.1) is 0 Å². The molecule has 0 saturated heterocycles. The van der Waals surface area contributed by atoms with Crippen molar-refractivity contribution in [3.63, 3.8) is 0 Å². The average Bonchev–Trinajstić information content (AvgIpc) is 2.09. The molecule has 13 heavy (non-hydrogen) atoms. The van der Waals surface area contributed by atoms with E-state index in [1.807, 2.05) is 11.0 Å². The maximum atomic E-state index is 5.65. The second-order valence-corrected chi connectivity index (χ2v) is 4.09.